The van der Waals surface area contributed by atoms with Crippen molar-refractivity contribution < 1.29 is 14.3 Å². The van der Waals surface area contributed by atoms with Crippen molar-refractivity contribution >= 4 is 39.2 Å². The molecule has 7 rings (SSSR count). The van der Waals surface area contributed by atoms with Crippen LogP contribution in [-0.2, 0) is 0 Å². The number of nitrogens with one attached hydrogen (secondary N) is 1. The predicted octanol–water partition coefficient (Wildman–Crippen LogP) is 4.56. The van der Waals surface area contributed by atoms with E-state index in [0.29, 0.717) is 47.8 Å². The molecule has 5 heterocycles. The molecule has 9 nitrogen and oxygen atoms in total. The van der Waals surface area contributed by atoms with Gasteiger partial charge < -0.3 is 15.0 Å². The number of aromatic nitrogens is 4. The van der Waals surface area contributed by atoms with E-state index in [4.69, 9.17) is 9.72 Å². The molecule has 4 aromatic heterocycles. The Morgan fingerprint density at radius 1 is 1.18 bits per heavy atom. The summed E-state index contributed by atoms with van der Waals surface area (Å²) in [6.07, 6.45) is 5.77. The molecule has 3 atom stereocenters. The Labute approximate surface area is 222 Å². The van der Waals surface area contributed by atoms with Crippen LogP contribution in [0.25, 0.3) is 27.1 Å². The minimum absolute atomic E-state index is 0.0823. The molecule has 1 aliphatic heterocycles. The van der Waals surface area contributed by atoms with Crippen molar-refractivity contribution in [1.29, 1.82) is 0 Å². The number of carbonyl (C=O) groups is 2. The second-order valence-corrected chi connectivity index (χ2v) is 10.7. The molecule has 38 heavy (non-hydrogen) atoms. The molecule has 10 heteroatoms. The SMILES string of the molecule is Cc1nc2sccn2c1OC(=O)NC[C@@H]1[C@H]2C[C@H]2CN1C(=O)c1cc2cnccc2nc1-c1ccccc1. The second kappa shape index (κ2) is 8.91. The molecule has 5 aromatic rings. The van der Waals surface area contributed by atoms with Crippen LogP contribution in [0.5, 0.6) is 5.88 Å². The predicted molar refractivity (Wildman–Crippen MR) is 143 cm³/mol. The Morgan fingerprint density at radius 2 is 2.05 bits per heavy atom. The number of nitrogens with zero attached hydrogens (tertiary/aromatic N) is 5. The summed E-state index contributed by atoms with van der Waals surface area (Å²) in [5, 5.41) is 5.60. The highest BCUT2D eigenvalue weighted by Gasteiger charge is 2.54. The van der Waals surface area contributed by atoms with Crippen molar-refractivity contribution in [2.75, 3.05) is 13.1 Å². The molecular formula is C28H24N6O3S. The number of likely N-dealkylation sites (tertiary alicyclic amines) is 1. The maximum Gasteiger partial charge on any atom is 0.414 e. The Balaban J connectivity index is 1.14. The molecule has 0 spiro atoms. The molecule has 1 saturated carbocycles. The van der Waals surface area contributed by atoms with Crippen LogP contribution in [0.15, 0.2) is 66.4 Å². The molecule has 1 N–H and O–H groups in total. The number of pyridine rings is 2. The van der Waals surface area contributed by atoms with Crippen LogP contribution in [0.3, 0.4) is 0 Å². The smallest absolute Gasteiger partial charge is 0.391 e. The highest BCUT2D eigenvalue weighted by atomic mass is 32.1. The Kier molecular flexibility index (Phi) is 5.36. The van der Waals surface area contributed by atoms with Crippen LogP contribution < -0.4 is 10.1 Å². The number of hydrogen-bond acceptors (Lipinski definition) is 7. The highest BCUT2D eigenvalue weighted by Crippen LogP contribution is 2.50. The minimum Gasteiger partial charge on any atom is -0.391 e. The third-order valence-electron chi connectivity index (χ3n) is 7.48. The first kappa shape index (κ1) is 22.9. The fourth-order valence-corrected chi connectivity index (χ4v) is 6.28. The fourth-order valence-electron chi connectivity index (χ4n) is 5.53. The number of benzene rings is 1. The number of aryl methyl sites for hydroxylation is 1. The van der Waals surface area contributed by atoms with Crippen LogP contribution in [0.2, 0.25) is 0 Å². The first-order valence-electron chi connectivity index (χ1n) is 12.6. The maximum atomic E-state index is 14.0. The van der Waals surface area contributed by atoms with Gasteiger partial charge in [-0.05, 0) is 37.3 Å². The van der Waals surface area contributed by atoms with E-state index in [1.807, 2.05) is 65.9 Å². The zero-order valence-electron chi connectivity index (χ0n) is 20.6. The Morgan fingerprint density at radius 3 is 2.92 bits per heavy atom. The number of amides is 2. The van der Waals surface area contributed by atoms with Gasteiger partial charge in [-0.3, -0.25) is 14.2 Å². The van der Waals surface area contributed by atoms with E-state index in [1.54, 1.807) is 16.8 Å². The molecule has 1 aliphatic carbocycles. The lowest BCUT2D eigenvalue weighted by Crippen LogP contribution is -2.46. The Bertz CT molecular complexity index is 1700. The van der Waals surface area contributed by atoms with Crippen LogP contribution in [0.1, 0.15) is 22.5 Å². The normalized spacial score (nSPS) is 20.0. The molecular weight excluding hydrogens is 500 g/mol. The highest BCUT2D eigenvalue weighted by molar-refractivity contribution is 7.15. The van der Waals surface area contributed by atoms with E-state index in [0.717, 1.165) is 27.8 Å². The number of hydrogen-bond donors (Lipinski definition) is 1. The molecule has 1 saturated heterocycles. The van der Waals surface area contributed by atoms with Gasteiger partial charge in [0.05, 0.1) is 22.8 Å². The number of rotatable bonds is 5. The van der Waals surface area contributed by atoms with E-state index in [9.17, 15) is 9.59 Å². The van der Waals surface area contributed by atoms with E-state index in [-0.39, 0.29) is 11.9 Å². The van der Waals surface area contributed by atoms with Crippen LogP contribution in [0.4, 0.5) is 4.79 Å². The lowest BCUT2D eigenvalue weighted by molar-refractivity contribution is 0.0705. The summed E-state index contributed by atoms with van der Waals surface area (Å²) in [4.78, 5) is 42.9. The summed E-state index contributed by atoms with van der Waals surface area (Å²) in [6.45, 7) is 2.80. The lowest BCUT2D eigenvalue weighted by Gasteiger charge is -2.28. The molecule has 2 aliphatic rings. The summed E-state index contributed by atoms with van der Waals surface area (Å²) in [5.41, 5.74) is 3.51. The van der Waals surface area contributed by atoms with Gasteiger partial charge >= 0.3 is 6.09 Å². The number of piperidine rings is 1. The van der Waals surface area contributed by atoms with Crippen LogP contribution >= 0.6 is 11.3 Å². The van der Waals surface area contributed by atoms with Gasteiger partial charge in [-0.25, -0.2) is 14.8 Å². The van der Waals surface area contributed by atoms with Gasteiger partial charge in [0, 0.05) is 48.0 Å². The van der Waals surface area contributed by atoms with Crippen molar-refractivity contribution in [3.63, 3.8) is 0 Å². The van der Waals surface area contributed by atoms with Crippen molar-refractivity contribution in [2.24, 2.45) is 11.8 Å². The van der Waals surface area contributed by atoms with E-state index < -0.39 is 6.09 Å². The maximum absolute atomic E-state index is 14.0. The Hall–Kier alpha value is -4.31. The molecule has 1 aromatic carbocycles. The van der Waals surface area contributed by atoms with E-state index in [2.05, 4.69) is 15.3 Å². The summed E-state index contributed by atoms with van der Waals surface area (Å²) < 4.78 is 7.37. The molecule has 0 bridgehead atoms. The zero-order chi connectivity index (χ0) is 25.8. The monoisotopic (exact) mass is 524 g/mol. The average molecular weight is 525 g/mol. The molecule has 0 radical (unpaired) electrons. The van der Waals surface area contributed by atoms with Gasteiger partial charge in [0.15, 0.2) is 4.96 Å². The van der Waals surface area contributed by atoms with Crippen molar-refractivity contribution in [3.05, 3.63) is 77.7 Å². The van der Waals surface area contributed by atoms with Crippen LogP contribution in [-0.4, -0.2) is 55.4 Å². The second-order valence-electron chi connectivity index (χ2n) is 9.83. The number of fused-ring (bicyclic) bond motifs is 3. The molecule has 2 amide bonds. The lowest BCUT2D eigenvalue weighted by atomic mass is 10.0. The van der Waals surface area contributed by atoms with Crippen molar-refractivity contribution in [2.45, 2.75) is 19.4 Å². The van der Waals surface area contributed by atoms with Gasteiger partial charge in [-0.1, -0.05) is 30.3 Å². The van der Waals surface area contributed by atoms with Crippen LogP contribution in [0, 0.1) is 18.8 Å². The summed E-state index contributed by atoms with van der Waals surface area (Å²) >= 11 is 1.48. The third-order valence-corrected chi connectivity index (χ3v) is 8.24. The van der Waals surface area contributed by atoms with Gasteiger partial charge in [0.2, 0.25) is 5.88 Å². The third kappa shape index (κ3) is 3.88. The number of thiazole rings is 1. The summed E-state index contributed by atoms with van der Waals surface area (Å²) in [6, 6.07) is 13.4. The molecule has 2 fully saturated rings. The number of carbonyl (C=O) groups excluding carboxylic acids is 2. The van der Waals surface area contributed by atoms with Crippen molar-refractivity contribution in [1.82, 2.24) is 29.6 Å². The summed E-state index contributed by atoms with van der Waals surface area (Å²) in [7, 11) is 0. The van der Waals surface area contributed by atoms with Gasteiger partial charge in [-0.15, -0.1) is 11.3 Å². The molecule has 190 valence electrons. The number of imidazole rings is 1. The standard InChI is InChI=1S/C28H24N6O3S/c1-16-26(33-9-10-38-27(33)31-16)37-28(36)30-14-23-20-12-19(20)15-34(23)25(35)21-11-18-13-29-8-7-22(18)32-24(21)17-5-3-2-4-6-17/h2-11,13,19-20,23H,12,14-15H2,1H3,(H,30,36)/t19-,20-,23+/m0/s1. The van der Waals surface area contributed by atoms with Gasteiger partial charge in [0.1, 0.15) is 5.69 Å². The average Bonchev–Trinajstić information content (AvgIpc) is 3.24. The fraction of sp³-hybridized carbons (Fsp3) is 0.250. The quantitative estimate of drug-likeness (QED) is 0.362. The van der Waals surface area contributed by atoms with E-state index in [1.165, 1.54) is 11.3 Å². The molecule has 0 unspecified atom stereocenters. The first-order valence-corrected chi connectivity index (χ1v) is 13.4. The van der Waals surface area contributed by atoms with Gasteiger partial charge in [-0.2, -0.15) is 0 Å². The first-order chi connectivity index (χ1) is 18.6. The number of ether oxygens (including phenoxy) is 1. The summed E-state index contributed by atoms with van der Waals surface area (Å²) in [5.74, 6) is 1.15. The van der Waals surface area contributed by atoms with Gasteiger partial charge in [0.25, 0.3) is 5.91 Å². The van der Waals surface area contributed by atoms with Crippen molar-refractivity contribution in [3.8, 4) is 17.1 Å². The largest absolute Gasteiger partial charge is 0.414 e. The topological polar surface area (TPSA) is 102 Å². The van der Waals surface area contributed by atoms with E-state index >= 15 is 0 Å². The minimum atomic E-state index is -0.555. The zero-order valence-corrected chi connectivity index (χ0v) is 21.4.